The quantitative estimate of drug-likeness (QED) is 0.811. The minimum absolute atomic E-state index is 0.268. The van der Waals surface area contributed by atoms with Crippen molar-refractivity contribution < 1.29 is 9.53 Å². The summed E-state index contributed by atoms with van der Waals surface area (Å²) >= 11 is 1.58. The maximum atomic E-state index is 12.5. The minimum Gasteiger partial charge on any atom is -0.456 e. The topological polar surface area (TPSA) is 52.3 Å². The molecule has 1 aromatic heterocycles. The molecular weight excluding hydrogens is 294 g/mol. The maximum Gasteiger partial charge on any atom is 0.341 e. The standard InChI is InChI=1S/C18H29NO2S/c1-7-18(5,6)11-8-9-12-13(10-11)22-15(19)14(12)16(20)21-17(2,3)4/h11H,7-10,19H2,1-6H3. The Balaban J connectivity index is 2.27. The Labute approximate surface area is 138 Å². The maximum absolute atomic E-state index is 12.5. The Hall–Kier alpha value is -1.03. The van der Waals surface area contributed by atoms with Crippen LogP contribution in [0.2, 0.25) is 0 Å². The predicted molar refractivity (Wildman–Crippen MR) is 93.5 cm³/mol. The number of fused-ring (bicyclic) bond motifs is 1. The number of rotatable bonds is 3. The van der Waals surface area contributed by atoms with Gasteiger partial charge in [-0.3, -0.25) is 0 Å². The van der Waals surface area contributed by atoms with Gasteiger partial charge in [0, 0.05) is 4.88 Å². The van der Waals surface area contributed by atoms with Gasteiger partial charge >= 0.3 is 5.97 Å². The molecule has 1 unspecified atom stereocenters. The molecule has 0 aromatic carbocycles. The van der Waals surface area contributed by atoms with Gasteiger partial charge in [-0.05, 0) is 56.9 Å². The van der Waals surface area contributed by atoms with Crippen molar-refractivity contribution in [1.29, 1.82) is 0 Å². The number of anilines is 1. The first-order valence-electron chi connectivity index (χ1n) is 8.18. The van der Waals surface area contributed by atoms with Crippen molar-refractivity contribution in [3.63, 3.8) is 0 Å². The fourth-order valence-electron chi connectivity index (χ4n) is 3.12. The second-order valence-corrected chi connectivity index (χ2v) is 9.16. The highest BCUT2D eigenvalue weighted by Gasteiger charge is 2.35. The number of carbonyl (C=O) groups excluding carboxylic acids is 1. The van der Waals surface area contributed by atoms with E-state index in [2.05, 4.69) is 20.8 Å². The molecule has 0 fully saturated rings. The second kappa shape index (κ2) is 5.88. The lowest BCUT2D eigenvalue weighted by Crippen LogP contribution is -2.29. The molecule has 0 spiro atoms. The van der Waals surface area contributed by atoms with Crippen LogP contribution < -0.4 is 5.73 Å². The van der Waals surface area contributed by atoms with Crippen LogP contribution in [0, 0.1) is 11.3 Å². The van der Waals surface area contributed by atoms with Crippen LogP contribution in [0.4, 0.5) is 5.00 Å². The predicted octanol–water partition coefficient (Wildman–Crippen LogP) is 4.83. The molecule has 0 saturated heterocycles. The van der Waals surface area contributed by atoms with Crippen molar-refractivity contribution in [1.82, 2.24) is 0 Å². The van der Waals surface area contributed by atoms with Crippen LogP contribution in [0.15, 0.2) is 0 Å². The highest BCUT2D eigenvalue weighted by atomic mass is 32.1. The summed E-state index contributed by atoms with van der Waals surface area (Å²) in [7, 11) is 0. The van der Waals surface area contributed by atoms with Gasteiger partial charge < -0.3 is 10.5 Å². The van der Waals surface area contributed by atoms with E-state index in [0.29, 0.717) is 21.9 Å². The Morgan fingerprint density at radius 2 is 1.95 bits per heavy atom. The number of esters is 1. The van der Waals surface area contributed by atoms with Crippen molar-refractivity contribution >= 4 is 22.3 Å². The van der Waals surface area contributed by atoms with Crippen LogP contribution in [-0.4, -0.2) is 11.6 Å². The van der Waals surface area contributed by atoms with E-state index in [1.54, 1.807) is 11.3 Å². The lowest BCUT2D eigenvalue weighted by atomic mass is 9.69. The molecule has 2 N–H and O–H groups in total. The monoisotopic (exact) mass is 323 g/mol. The van der Waals surface area contributed by atoms with E-state index in [1.165, 1.54) is 11.3 Å². The van der Waals surface area contributed by atoms with E-state index in [1.807, 2.05) is 20.8 Å². The zero-order valence-electron chi connectivity index (χ0n) is 14.7. The molecule has 4 heteroatoms. The van der Waals surface area contributed by atoms with Gasteiger partial charge in [-0.25, -0.2) is 4.79 Å². The lowest BCUT2D eigenvalue weighted by Gasteiger charge is -2.36. The third kappa shape index (κ3) is 3.48. The molecule has 2 rings (SSSR count). The molecule has 1 atom stereocenters. The van der Waals surface area contributed by atoms with Gasteiger partial charge in [-0.1, -0.05) is 27.2 Å². The number of carbonyl (C=O) groups is 1. The second-order valence-electron chi connectivity index (χ2n) is 8.03. The summed E-state index contributed by atoms with van der Waals surface area (Å²) in [5, 5.41) is 0.620. The fraction of sp³-hybridized carbons (Fsp3) is 0.722. The number of hydrogen-bond donors (Lipinski definition) is 1. The van der Waals surface area contributed by atoms with E-state index < -0.39 is 5.60 Å². The fourth-order valence-corrected chi connectivity index (χ4v) is 4.30. The van der Waals surface area contributed by atoms with Crippen LogP contribution in [0.3, 0.4) is 0 Å². The van der Waals surface area contributed by atoms with Crippen molar-refractivity contribution in [2.45, 2.75) is 72.8 Å². The summed E-state index contributed by atoms with van der Waals surface area (Å²) in [4.78, 5) is 13.7. The number of nitrogen functional groups attached to an aromatic ring is 1. The Bertz CT molecular complexity index is 566. The molecule has 0 radical (unpaired) electrons. The largest absolute Gasteiger partial charge is 0.456 e. The Kier molecular flexibility index (Phi) is 4.63. The molecule has 22 heavy (non-hydrogen) atoms. The summed E-state index contributed by atoms with van der Waals surface area (Å²) in [6, 6.07) is 0. The number of thiophene rings is 1. The van der Waals surface area contributed by atoms with Gasteiger partial charge in [-0.15, -0.1) is 11.3 Å². The molecule has 1 aromatic rings. The molecule has 3 nitrogen and oxygen atoms in total. The number of hydrogen-bond acceptors (Lipinski definition) is 4. The lowest BCUT2D eigenvalue weighted by molar-refractivity contribution is 0.00696. The van der Waals surface area contributed by atoms with Crippen LogP contribution >= 0.6 is 11.3 Å². The SMILES string of the molecule is CCC(C)(C)C1CCc2c(sc(N)c2C(=O)OC(C)(C)C)C1. The molecule has 124 valence electrons. The molecule has 0 amide bonds. The van der Waals surface area contributed by atoms with Gasteiger partial charge in [0.05, 0.1) is 5.56 Å². The summed E-state index contributed by atoms with van der Waals surface area (Å²) in [6.07, 6.45) is 4.27. The minimum atomic E-state index is -0.486. The Morgan fingerprint density at radius 3 is 2.50 bits per heavy atom. The summed E-state index contributed by atoms with van der Waals surface area (Å²) < 4.78 is 5.53. The van der Waals surface area contributed by atoms with E-state index in [-0.39, 0.29) is 5.97 Å². The highest BCUT2D eigenvalue weighted by molar-refractivity contribution is 7.16. The highest BCUT2D eigenvalue weighted by Crippen LogP contribution is 2.45. The molecule has 0 saturated carbocycles. The normalized spacial score (nSPS) is 18.9. The molecule has 0 bridgehead atoms. The number of nitrogens with two attached hydrogens (primary N) is 1. The van der Waals surface area contributed by atoms with E-state index in [4.69, 9.17) is 10.5 Å². The first-order valence-corrected chi connectivity index (χ1v) is 9.00. The van der Waals surface area contributed by atoms with Crippen molar-refractivity contribution in [2.75, 3.05) is 5.73 Å². The summed E-state index contributed by atoms with van der Waals surface area (Å²) in [6.45, 7) is 12.6. The first-order chi connectivity index (χ1) is 10.0. The third-order valence-electron chi connectivity index (χ3n) is 4.91. The van der Waals surface area contributed by atoms with Crippen molar-refractivity contribution in [3.05, 3.63) is 16.0 Å². The third-order valence-corrected chi connectivity index (χ3v) is 6.00. The van der Waals surface area contributed by atoms with Crippen LogP contribution in [0.1, 0.15) is 75.2 Å². The van der Waals surface area contributed by atoms with Gasteiger partial charge in [-0.2, -0.15) is 0 Å². The average Bonchev–Trinajstić information content (AvgIpc) is 2.71. The molecule has 0 aliphatic heterocycles. The average molecular weight is 324 g/mol. The zero-order valence-corrected chi connectivity index (χ0v) is 15.5. The first kappa shape index (κ1) is 17.3. The zero-order chi connectivity index (χ0) is 16.7. The smallest absolute Gasteiger partial charge is 0.341 e. The summed E-state index contributed by atoms with van der Waals surface area (Å²) in [5.41, 5.74) is 7.76. The van der Waals surface area contributed by atoms with E-state index >= 15 is 0 Å². The van der Waals surface area contributed by atoms with E-state index in [0.717, 1.165) is 24.8 Å². The van der Waals surface area contributed by atoms with Crippen LogP contribution in [0.25, 0.3) is 0 Å². The van der Waals surface area contributed by atoms with Crippen molar-refractivity contribution in [2.24, 2.45) is 11.3 Å². The number of ether oxygens (including phenoxy) is 1. The Morgan fingerprint density at radius 1 is 1.32 bits per heavy atom. The van der Waals surface area contributed by atoms with Gasteiger partial charge in [0.15, 0.2) is 0 Å². The van der Waals surface area contributed by atoms with Gasteiger partial charge in [0.1, 0.15) is 10.6 Å². The van der Waals surface area contributed by atoms with Gasteiger partial charge in [0.2, 0.25) is 0 Å². The van der Waals surface area contributed by atoms with Gasteiger partial charge in [0.25, 0.3) is 0 Å². The van der Waals surface area contributed by atoms with Crippen LogP contribution in [-0.2, 0) is 17.6 Å². The summed E-state index contributed by atoms with van der Waals surface area (Å²) in [5.74, 6) is 0.394. The van der Waals surface area contributed by atoms with Crippen LogP contribution in [0.5, 0.6) is 0 Å². The molecule has 1 aliphatic carbocycles. The van der Waals surface area contributed by atoms with Crippen molar-refractivity contribution in [3.8, 4) is 0 Å². The van der Waals surface area contributed by atoms with E-state index in [9.17, 15) is 4.79 Å². The molecule has 1 heterocycles. The molecule has 1 aliphatic rings. The molecular formula is C18H29NO2S.